The van der Waals surface area contributed by atoms with E-state index in [9.17, 15) is 0 Å². The molecule has 0 radical (unpaired) electrons. The zero-order valence-corrected chi connectivity index (χ0v) is 17.0. The van der Waals surface area contributed by atoms with Crippen LogP contribution in [0.5, 0.6) is 11.5 Å². The molecule has 0 amide bonds. The average molecular weight is 360 g/mol. The minimum atomic E-state index is -0.244. The lowest BCUT2D eigenvalue weighted by atomic mass is 9.65. The molecule has 0 N–H and O–H groups in total. The molecule has 2 fully saturated rings. The highest BCUT2D eigenvalue weighted by atomic mass is 16.6. The zero-order valence-electron chi connectivity index (χ0n) is 17.0. The Morgan fingerprint density at radius 1 is 1.12 bits per heavy atom. The summed E-state index contributed by atoms with van der Waals surface area (Å²) in [4.78, 5) is 8.17. The summed E-state index contributed by atoms with van der Waals surface area (Å²) in [6.07, 6.45) is 4.19. The van der Waals surface area contributed by atoms with Crippen LogP contribution in [0.3, 0.4) is 0 Å². The number of ether oxygens (including phenoxy) is 2. The molecule has 5 heteroatoms. The lowest BCUT2D eigenvalue weighted by Crippen LogP contribution is -2.46. The summed E-state index contributed by atoms with van der Waals surface area (Å²) >= 11 is 0. The average Bonchev–Trinajstić information content (AvgIpc) is 2.96. The minimum absolute atomic E-state index is 0.148. The van der Waals surface area contributed by atoms with Crippen molar-refractivity contribution in [3.8, 4) is 11.5 Å². The molecule has 2 atom stereocenters. The van der Waals surface area contributed by atoms with E-state index in [0.717, 1.165) is 43.7 Å². The molecule has 1 aromatic carbocycles. The summed E-state index contributed by atoms with van der Waals surface area (Å²) in [5.74, 6) is 1.59. The maximum absolute atomic E-state index is 5.69. The molecular weight excluding hydrogens is 328 g/mol. The molecule has 0 spiro atoms. The maximum Gasteiger partial charge on any atom is 0.161 e. The Morgan fingerprint density at radius 2 is 1.85 bits per heavy atom. The van der Waals surface area contributed by atoms with Crippen molar-refractivity contribution in [1.82, 2.24) is 4.90 Å². The molecule has 1 aliphatic heterocycles. The summed E-state index contributed by atoms with van der Waals surface area (Å²) in [6.45, 7) is 7.22. The summed E-state index contributed by atoms with van der Waals surface area (Å²) in [7, 11) is 5.61. The van der Waals surface area contributed by atoms with Crippen LogP contribution in [0.4, 0.5) is 0 Å². The first-order valence-electron chi connectivity index (χ1n) is 9.46. The second kappa shape index (κ2) is 7.10. The quantitative estimate of drug-likeness (QED) is 0.761. The summed E-state index contributed by atoms with van der Waals surface area (Å²) in [5, 5.41) is 4.48. The van der Waals surface area contributed by atoms with Crippen LogP contribution in [0.2, 0.25) is 0 Å². The Bertz CT molecular complexity index is 680. The third-order valence-electron chi connectivity index (χ3n) is 5.78. The Kier molecular flexibility index (Phi) is 5.20. The van der Waals surface area contributed by atoms with Gasteiger partial charge in [0.15, 0.2) is 11.5 Å². The normalized spacial score (nSPS) is 28.1. The summed E-state index contributed by atoms with van der Waals surface area (Å²) in [5.41, 5.74) is 2.43. The van der Waals surface area contributed by atoms with Gasteiger partial charge in [0.2, 0.25) is 0 Å². The third-order valence-corrected chi connectivity index (χ3v) is 5.78. The van der Waals surface area contributed by atoms with Gasteiger partial charge in [-0.15, -0.1) is 0 Å². The standard InChI is InChI=1S/C21H32N2O3/c1-20(2,3)26-22-16-9-10-21(11-12-23(4)19(21)14-16)15-7-8-17(24-5)18(13-15)25-6/h7-8,13,19H,9-12,14H2,1-6H3. The lowest BCUT2D eigenvalue weighted by molar-refractivity contribution is -0.000654. The van der Waals surface area contributed by atoms with Gasteiger partial charge in [0.25, 0.3) is 0 Å². The van der Waals surface area contributed by atoms with Crippen molar-refractivity contribution in [2.75, 3.05) is 27.8 Å². The van der Waals surface area contributed by atoms with E-state index in [4.69, 9.17) is 14.3 Å². The number of likely N-dealkylation sites (tertiary alicyclic amines) is 1. The van der Waals surface area contributed by atoms with Crippen LogP contribution in [0, 0.1) is 0 Å². The van der Waals surface area contributed by atoms with E-state index in [0.29, 0.717) is 6.04 Å². The molecule has 2 aliphatic rings. The fraction of sp³-hybridized carbons (Fsp3) is 0.667. The van der Waals surface area contributed by atoms with E-state index in [2.05, 4.69) is 29.2 Å². The SMILES string of the molecule is COc1ccc(C23CCC(=NOC(C)(C)C)CC2N(C)CC3)cc1OC. The predicted molar refractivity (Wildman–Crippen MR) is 104 cm³/mol. The maximum atomic E-state index is 5.69. The number of likely N-dealkylation sites (N-methyl/N-ethyl adjacent to an activating group) is 1. The lowest BCUT2D eigenvalue weighted by Gasteiger charge is -2.42. The number of hydrogen-bond donors (Lipinski definition) is 0. The zero-order chi connectivity index (χ0) is 18.9. The largest absolute Gasteiger partial charge is 0.493 e. The van der Waals surface area contributed by atoms with Gasteiger partial charge < -0.3 is 19.2 Å². The Balaban J connectivity index is 1.90. The van der Waals surface area contributed by atoms with Crippen molar-refractivity contribution in [2.24, 2.45) is 5.16 Å². The molecule has 26 heavy (non-hydrogen) atoms. The molecule has 1 heterocycles. The Hall–Kier alpha value is -1.75. The molecule has 2 unspecified atom stereocenters. The van der Waals surface area contributed by atoms with Gasteiger partial charge in [0.05, 0.1) is 19.9 Å². The number of oxime groups is 1. The molecule has 1 aromatic rings. The van der Waals surface area contributed by atoms with E-state index in [1.807, 2.05) is 26.8 Å². The summed E-state index contributed by atoms with van der Waals surface area (Å²) < 4.78 is 11.0. The van der Waals surface area contributed by atoms with Gasteiger partial charge in [0, 0.05) is 17.9 Å². The number of hydrogen-bond acceptors (Lipinski definition) is 5. The molecule has 0 bridgehead atoms. The number of methoxy groups -OCH3 is 2. The Labute approximate surface area is 157 Å². The van der Waals surface area contributed by atoms with Crippen LogP contribution in [0.25, 0.3) is 0 Å². The first kappa shape index (κ1) is 19.0. The van der Waals surface area contributed by atoms with Crippen LogP contribution in [0.1, 0.15) is 52.0 Å². The summed E-state index contributed by atoms with van der Waals surface area (Å²) in [6, 6.07) is 6.85. The van der Waals surface area contributed by atoms with E-state index in [1.165, 1.54) is 11.3 Å². The van der Waals surface area contributed by atoms with Gasteiger partial charge in [0.1, 0.15) is 5.60 Å². The van der Waals surface area contributed by atoms with Crippen LogP contribution in [-0.2, 0) is 10.3 Å². The van der Waals surface area contributed by atoms with Crippen molar-refractivity contribution in [2.45, 2.75) is 63.5 Å². The minimum Gasteiger partial charge on any atom is -0.493 e. The highest BCUT2D eigenvalue weighted by Gasteiger charge is 2.50. The van der Waals surface area contributed by atoms with Gasteiger partial charge >= 0.3 is 0 Å². The molecule has 1 aliphatic carbocycles. The first-order valence-corrected chi connectivity index (χ1v) is 9.46. The molecular formula is C21H32N2O3. The molecule has 144 valence electrons. The number of benzene rings is 1. The third kappa shape index (κ3) is 3.54. The van der Waals surface area contributed by atoms with Crippen molar-refractivity contribution < 1.29 is 14.3 Å². The van der Waals surface area contributed by atoms with Gasteiger partial charge in [-0.3, -0.25) is 0 Å². The van der Waals surface area contributed by atoms with E-state index < -0.39 is 0 Å². The number of rotatable bonds is 4. The van der Waals surface area contributed by atoms with E-state index in [-0.39, 0.29) is 11.0 Å². The van der Waals surface area contributed by atoms with Gasteiger partial charge in [-0.25, -0.2) is 0 Å². The molecule has 5 nitrogen and oxygen atoms in total. The predicted octanol–water partition coefficient (Wildman–Crippen LogP) is 4.00. The van der Waals surface area contributed by atoms with Crippen LogP contribution in [0.15, 0.2) is 23.4 Å². The second-order valence-electron chi connectivity index (χ2n) is 8.54. The van der Waals surface area contributed by atoms with E-state index >= 15 is 0 Å². The smallest absolute Gasteiger partial charge is 0.161 e. The molecule has 1 saturated carbocycles. The van der Waals surface area contributed by atoms with Crippen LogP contribution in [-0.4, -0.2) is 50.1 Å². The van der Waals surface area contributed by atoms with E-state index in [1.54, 1.807) is 14.2 Å². The first-order chi connectivity index (χ1) is 12.3. The highest BCUT2D eigenvalue weighted by Crippen LogP contribution is 2.49. The van der Waals surface area contributed by atoms with Crippen molar-refractivity contribution in [1.29, 1.82) is 0 Å². The molecule has 3 rings (SSSR count). The van der Waals surface area contributed by atoms with Crippen molar-refractivity contribution in [3.05, 3.63) is 23.8 Å². The topological polar surface area (TPSA) is 43.3 Å². The van der Waals surface area contributed by atoms with Crippen molar-refractivity contribution in [3.63, 3.8) is 0 Å². The van der Waals surface area contributed by atoms with Gasteiger partial charge in [-0.1, -0.05) is 11.2 Å². The van der Waals surface area contributed by atoms with Crippen LogP contribution < -0.4 is 9.47 Å². The number of fused-ring (bicyclic) bond motifs is 1. The monoisotopic (exact) mass is 360 g/mol. The van der Waals surface area contributed by atoms with Gasteiger partial charge in [-0.05, 0) is 71.3 Å². The molecule has 0 aromatic heterocycles. The number of nitrogens with zero attached hydrogens (tertiary/aromatic N) is 2. The van der Waals surface area contributed by atoms with Gasteiger partial charge in [-0.2, -0.15) is 0 Å². The Morgan fingerprint density at radius 3 is 2.50 bits per heavy atom. The van der Waals surface area contributed by atoms with Crippen LogP contribution >= 0.6 is 0 Å². The fourth-order valence-corrected chi connectivity index (χ4v) is 4.37. The molecule has 1 saturated heterocycles. The second-order valence-corrected chi connectivity index (χ2v) is 8.54. The fourth-order valence-electron chi connectivity index (χ4n) is 4.37. The van der Waals surface area contributed by atoms with Crippen molar-refractivity contribution >= 4 is 5.71 Å². The highest BCUT2D eigenvalue weighted by molar-refractivity contribution is 5.86.